The molecule has 2 aliphatic heterocycles. The van der Waals surface area contributed by atoms with E-state index in [9.17, 15) is 29.6 Å². The highest BCUT2D eigenvalue weighted by Crippen LogP contribution is 2.40. The number of β-lactam (4-membered cyclic amide) rings is 1. The predicted molar refractivity (Wildman–Crippen MR) is 84.5 cm³/mol. The van der Waals surface area contributed by atoms with Crippen LogP contribution in [0, 0.1) is 10.1 Å². The first kappa shape index (κ1) is 17.0. The zero-order chi connectivity index (χ0) is 18.5. The molecule has 2 N–H and O–H groups in total. The molecule has 2 aliphatic rings. The van der Waals surface area contributed by atoms with Gasteiger partial charge in [0.1, 0.15) is 23.3 Å². The number of aliphatic carboxylic acids is 1. The van der Waals surface area contributed by atoms with Crippen LogP contribution in [0.5, 0.6) is 0 Å². The second-order valence-corrected chi connectivity index (χ2v) is 6.66. The predicted octanol–water partition coefficient (Wildman–Crippen LogP) is -0.300. The van der Waals surface area contributed by atoms with Gasteiger partial charge in [0, 0.05) is 12.8 Å². The number of aromatic nitrogens is 2. The van der Waals surface area contributed by atoms with Crippen LogP contribution in [0.2, 0.25) is 0 Å². The summed E-state index contributed by atoms with van der Waals surface area (Å²) in [6.45, 7) is 1.63. The number of nitro groups is 1. The number of carboxylic acid groups (broad SMARTS) is 1. The van der Waals surface area contributed by atoms with Crippen molar-refractivity contribution in [1.29, 1.82) is 0 Å². The normalized spacial score (nSPS) is 22.3. The number of amides is 2. The lowest BCUT2D eigenvalue weighted by atomic mass is 10.0. The van der Waals surface area contributed by atoms with Crippen LogP contribution in [0.15, 0.2) is 17.5 Å². The molecule has 0 spiro atoms. The maximum atomic E-state index is 12.4. The molecule has 0 bridgehead atoms. The van der Waals surface area contributed by atoms with Crippen LogP contribution < -0.4 is 5.32 Å². The van der Waals surface area contributed by atoms with Crippen LogP contribution in [0.4, 0.5) is 5.69 Å². The van der Waals surface area contributed by atoms with Crippen molar-refractivity contribution in [3.63, 3.8) is 0 Å². The van der Waals surface area contributed by atoms with Gasteiger partial charge in [-0.3, -0.25) is 29.3 Å². The highest BCUT2D eigenvalue weighted by molar-refractivity contribution is 8.00. The Labute approximate surface area is 144 Å². The Bertz CT molecular complexity index is 846. The molecule has 1 aromatic heterocycles. The number of carbonyl (C=O) groups is 3. The van der Waals surface area contributed by atoms with Crippen molar-refractivity contribution < 1.29 is 24.4 Å². The zero-order valence-electron chi connectivity index (χ0n) is 13.1. The quantitative estimate of drug-likeness (QED) is 0.419. The highest BCUT2D eigenvalue weighted by Gasteiger charge is 2.54. The molecule has 2 atom stereocenters. The van der Waals surface area contributed by atoms with Gasteiger partial charge in [0.15, 0.2) is 0 Å². The van der Waals surface area contributed by atoms with Crippen LogP contribution in [0.3, 0.4) is 0 Å². The molecular weight excluding hydrogens is 354 g/mol. The lowest BCUT2D eigenvalue weighted by molar-refractivity contribution is -0.385. The van der Waals surface area contributed by atoms with E-state index >= 15 is 0 Å². The first-order chi connectivity index (χ1) is 11.7. The summed E-state index contributed by atoms with van der Waals surface area (Å²) in [5, 5.41) is 25.8. The standard InChI is InChI=1S/C13H13N5O6S/c1-5-4-25-12-7(11(20)17(12)8(5)13(21)22)15-10(19)9-6(18(23)24)3-14-16(9)2/h3,7,12H,4H2,1-2H3,(H,15,19)(H,21,22)/t7-,12-/m0/s1. The van der Waals surface area contributed by atoms with Gasteiger partial charge in [0.25, 0.3) is 11.8 Å². The maximum absolute atomic E-state index is 12.4. The number of hydrogen-bond acceptors (Lipinski definition) is 7. The van der Waals surface area contributed by atoms with E-state index in [1.165, 1.54) is 18.8 Å². The van der Waals surface area contributed by atoms with Gasteiger partial charge in [-0.25, -0.2) is 4.79 Å². The van der Waals surface area contributed by atoms with E-state index in [4.69, 9.17) is 0 Å². The molecule has 1 saturated heterocycles. The third-order valence-electron chi connectivity index (χ3n) is 3.98. The van der Waals surface area contributed by atoms with Crippen LogP contribution in [-0.2, 0) is 16.6 Å². The molecule has 2 amide bonds. The Morgan fingerprint density at radius 3 is 2.80 bits per heavy atom. The Morgan fingerprint density at radius 2 is 2.20 bits per heavy atom. The number of rotatable bonds is 4. The molecular formula is C13H13N5O6S. The van der Waals surface area contributed by atoms with Crippen LogP contribution in [-0.4, -0.2) is 59.7 Å². The Hall–Kier alpha value is -2.89. The fourth-order valence-electron chi connectivity index (χ4n) is 2.81. The number of aryl methyl sites for hydroxylation is 1. The molecule has 3 rings (SSSR count). The minimum atomic E-state index is -1.21. The average molecular weight is 367 g/mol. The molecule has 1 aromatic rings. The number of carbonyl (C=O) groups excluding carboxylic acids is 2. The summed E-state index contributed by atoms with van der Waals surface area (Å²) >= 11 is 1.32. The highest BCUT2D eigenvalue weighted by atomic mass is 32.2. The zero-order valence-corrected chi connectivity index (χ0v) is 13.9. The summed E-state index contributed by atoms with van der Waals surface area (Å²) in [6, 6.07) is -0.950. The third-order valence-corrected chi connectivity index (χ3v) is 5.40. The Kier molecular flexibility index (Phi) is 3.99. The first-order valence-electron chi connectivity index (χ1n) is 7.09. The van der Waals surface area contributed by atoms with Crippen molar-refractivity contribution in [1.82, 2.24) is 20.0 Å². The minimum Gasteiger partial charge on any atom is -0.477 e. The summed E-state index contributed by atoms with van der Waals surface area (Å²) in [6.07, 6.45) is 0.952. The smallest absolute Gasteiger partial charge is 0.352 e. The topological polar surface area (TPSA) is 148 Å². The van der Waals surface area contributed by atoms with E-state index in [0.717, 1.165) is 15.8 Å². The summed E-state index contributed by atoms with van der Waals surface area (Å²) < 4.78 is 1.05. The van der Waals surface area contributed by atoms with Gasteiger partial charge >= 0.3 is 11.7 Å². The second-order valence-electron chi connectivity index (χ2n) is 5.55. The van der Waals surface area contributed by atoms with Gasteiger partial charge in [-0.2, -0.15) is 5.10 Å². The van der Waals surface area contributed by atoms with E-state index in [-0.39, 0.29) is 11.4 Å². The van der Waals surface area contributed by atoms with Gasteiger partial charge in [0.05, 0.1) is 4.92 Å². The number of thioether (sulfide) groups is 1. The first-order valence-corrected chi connectivity index (χ1v) is 8.14. The number of nitrogens with one attached hydrogen (secondary N) is 1. The van der Waals surface area contributed by atoms with Crippen molar-refractivity contribution in [2.75, 3.05) is 5.75 Å². The SMILES string of the molecule is CC1=C(C(=O)O)N2C(=O)[C@H](NC(=O)c3c([N+](=O)[O-])cnn3C)[C@@H]2SC1. The number of fused-ring (bicyclic) bond motifs is 1. The summed E-state index contributed by atoms with van der Waals surface area (Å²) in [4.78, 5) is 47.4. The summed E-state index contributed by atoms with van der Waals surface area (Å²) in [5.74, 6) is -2.17. The van der Waals surface area contributed by atoms with Gasteiger partial charge < -0.3 is 10.4 Å². The number of carboxylic acids is 1. The molecule has 132 valence electrons. The molecule has 0 aromatic carbocycles. The van der Waals surface area contributed by atoms with E-state index in [0.29, 0.717) is 11.3 Å². The van der Waals surface area contributed by atoms with E-state index in [2.05, 4.69) is 10.4 Å². The molecule has 0 aliphatic carbocycles. The number of nitrogens with zero attached hydrogens (tertiary/aromatic N) is 4. The monoisotopic (exact) mass is 367 g/mol. The van der Waals surface area contributed by atoms with Gasteiger partial charge in [-0.1, -0.05) is 0 Å². The lowest BCUT2D eigenvalue weighted by Crippen LogP contribution is -2.70. The van der Waals surface area contributed by atoms with Crippen molar-refractivity contribution in [2.45, 2.75) is 18.3 Å². The van der Waals surface area contributed by atoms with Gasteiger partial charge in [-0.05, 0) is 12.5 Å². The fraction of sp³-hybridized carbons (Fsp3) is 0.385. The number of hydrogen-bond donors (Lipinski definition) is 2. The lowest BCUT2D eigenvalue weighted by Gasteiger charge is -2.49. The van der Waals surface area contributed by atoms with Crippen LogP contribution in [0.25, 0.3) is 0 Å². The fourth-order valence-corrected chi connectivity index (χ4v) is 4.10. The van der Waals surface area contributed by atoms with Gasteiger partial charge in [0.2, 0.25) is 5.69 Å². The van der Waals surface area contributed by atoms with Crippen molar-refractivity contribution in [2.24, 2.45) is 7.05 Å². The molecule has 0 saturated carbocycles. The van der Waals surface area contributed by atoms with E-state index < -0.39 is 39.8 Å². The molecule has 0 radical (unpaired) electrons. The van der Waals surface area contributed by atoms with Crippen molar-refractivity contribution >= 4 is 35.2 Å². The molecule has 11 nitrogen and oxygen atoms in total. The molecule has 25 heavy (non-hydrogen) atoms. The van der Waals surface area contributed by atoms with Gasteiger partial charge in [-0.15, -0.1) is 11.8 Å². The van der Waals surface area contributed by atoms with Crippen molar-refractivity contribution in [3.05, 3.63) is 33.3 Å². The molecule has 12 heteroatoms. The summed E-state index contributed by atoms with van der Waals surface area (Å²) in [7, 11) is 1.38. The largest absolute Gasteiger partial charge is 0.477 e. The maximum Gasteiger partial charge on any atom is 0.352 e. The summed E-state index contributed by atoms with van der Waals surface area (Å²) in [5.41, 5.74) is -0.260. The molecule has 1 fully saturated rings. The third kappa shape index (κ3) is 2.54. The minimum absolute atomic E-state index is 0.0780. The van der Waals surface area contributed by atoms with Crippen molar-refractivity contribution in [3.8, 4) is 0 Å². The Morgan fingerprint density at radius 1 is 1.52 bits per heavy atom. The average Bonchev–Trinajstić information content (AvgIpc) is 2.93. The molecule has 0 unspecified atom stereocenters. The second kappa shape index (κ2) is 5.88. The van der Waals surface area contributed by atoms with E-state index in [1.807, 2.05) is 0 Å². The van der Waals surface area contributed by atoms with E-state index in [1.54, 1.807) is 6.92 Å². The molecule has 3 heterocycles. The Balaban J connectivity index is 1.82. The van der Waals surface area contributed by atoms with Crippen LogP contribution in [0.1, 0.15) is 17.4 Å². The van der Waals surface area contributed by atoms with Crippen LogP contribution >= 0.6 is 11.8 Å².